The van der Waals surface area contributed by atoms with Gasteiger partial charge in [-0.3, -0.25) is 9.89 Å². The van der Waals surface area contributed by atoms with E-state index in [1.807, 2.05) is 0 Å². The fraction of sp³-hybridized carbons (Fsp3) is 0. The predicted octanol–water partition coefficient (Wildman–Crippen LogP) is 0.408. The summed E-state index contributed by atoms with van der Waals surface area (Å²) in [6.45, 7) is 0. The van der Waals surface area contributed by atoms with E-state index in [9.17, 15) is 4.79 Å². The van der Waals surface area contributed by atoms with Crippen molar-refractivity contribution in [3.8, 4) is 5.82 Å². The Labute approximate surface area is 68.0 Å². The Morgan fingerprint density at radius 2 is 2.42 bits per heavy atom. The number of hydrogen-bond acceptors (Lipinski definition) is 3. The maximum atomic E-state index is 10.3. The van der Waals surface area contributed by atoms with Crippen LogP contribution in [0, 0.1) is 0 Å². The summed E-state index contributed by atoms with van der Waals surface area (Å²) >= 11 is 0. The number of aromatic nitrogens is 4. The summed E-state index contributed by atoms with van der Waals surface area (Å²) in [7, 11) is 0. The Kier molecular flexibility index (Phi) is 1.48. The number of nitrogens with one attached hydrogen (secondary N) is 1. The molecule has 2 aromatic heterocycles. The summed E-state index contributed by atoms with van der Waals surface area (Å²) in [6, 6.07) is 3.40. The van der Waals surface area contributed by atoms with Gasteiger partial charge in [0.25, 0.3) is 0 Å². The number of hydrogen-bond donors (Lipinski definition) is 1. The Morgan fingerprint density at radius 1 is 1.50 bits per heavy atom. The van der Waals surface area contributed by atoms with Crippen LogP contribution in [-0.2, 0) is 0 Å². The fourth-order valence-electron chi connectivity index (χ4n) is 0.911. The molecule has 0 radical (unpaired) electrons. The van der Waals surface area contributed by atoms with E-state index in [4.69, 9.17) is 0 Å². The SMILES string of the molecule is O=Cc1ccn(-c2ccn[nH]2)n1. The number of carbonyl (C=O) groups excluding carboxylic acids is 1. The minimum absolute atomic E-state index is 0.407. The van der Waals surface area contributed by atoms with Crippen molar-refractivity contribution in [1.29, 1.82) is 0 Å². The van der Waals surface area contributed by atoms with E-state index in [-0.39, 0.29) is 0 Å². The highest BCUT2D eigenvalue weighted by Crippen LogP contribution is 2.00. The van der Waals surface area contributed by atoms with Crippen LogP contribution in [-0.4, -0.2) is 26.3 Å². The van der Waals surface area contributed by atoms with Crippen LogP contribution >= 0.6 is 0 Å². The molecular formula is C7H6N4O. The van der Waals surface area contributed by atoms with Crippen LogP contribution in [0.15, 0.2) is 24.5 Å². The normalized spacial score (nSPS) is 10.0. The second-order valence-corrected chi connectivity index (χ2v) is 2.24. The lowest BCUT2D eigenvalue weighted by atomic mass is 10.5. The van der Waals surface area contributed by atoms with E-state index >= 15 is 0 Å². The molecule has 0 aliphatic heterocycles. The smallest absolute Gasteiger partial charge is 0.170 e. The molecule has 0 aliphatic rings. The van der Waals surface area contributed by atoms with E-state index in [2.05, 4.69) is 15.3 Å². The highest BCUT2D eigenvalue weighted by atomic mass is 16.1. The van der Waals surface area contributed by atoms with Crippen LogP contribution in [0.2, 0.25) is 0 Å². The first-order valence-corrected chi connectivity index (χ1v) is 3.41. The molecule has 2 rings (SSSR count). The molecule has 1 N–H and O–H groups in total. The minimum atomic E-state index is 0.407. The number of aromatic amines is 1. The molecule has 5 heteroatoms. The summed E-state index contributed by atoms with van der Waals surface area (Å²) in [5.74, 6) is 0.739. The lowest BCUT2D eigenvalue weighted by molar-refractivity contribution is 0.111. The first kappa shape index (κ1) is 6.78. The van der Waals surface area contributed by atoms with Gasteiger partial charge in [-0.1, -0.05) is 0 Å². The van der Waals surface area contributed by atoms with Crippen molar-refractivity contribution in [3.05, 3.63) is 30.2 Å². The van der Waals surface area contributed by atoms with Crippen LogP contribution in [0.5, 0.6) is 0 Å². The Bertz CT molecular complexity index is 376. The summed E-state index contributed by atoms with van der Waals surface area (Å²) in [5.41, 5.74) is 0.407. The third-order valence-electron chi connectivity index (χ3n) is 1.46. The number of aldehydes is 1. The van der Waals surface area contributed by atoms with E-state index in [1.54, 1.807) is 29.2 Å². The van der Waals surface area contributed by atoms with Crippen LogP contribution in [0.4, 0.5) is 0 Å². The molecule has 2 heterocycles. The molecule has 2 aromatic rings. The molecule has 0 bridgehead atoms. The summed E-state index contributed by atoms with van der Waals surface area (Å²) in [4.78, 5) is 10.3. The first-order valence-electron chi connectivity index (χ1n) is 3.41. The van der Waals surface area contributed by atoms with Gasteiger partial charge in [-0.2, -0.15) is 10.2 Å². The maximum absolute atomic E-state index is 10.3. The molecule has 0 aliphatic carbocycles. The van der Waals surface area contributed by atoms with Crippen molar-refractivity contribution in [1.82, 2.24) is 20.0 Å². The molecule has 5 nitrogen and oxygen atoms in total. The van der Waals surface area contributed by atoms with Gasteiger partial charge in [0.1, 0.15) is 11.5 Å². The largest absolute Gasteiger partial charge is 0.296 e. The number of H-pyrrole nitrogens is 1. The van der Waals surface area contributed by atoms with Crippen LogP contribution in [0.3, 0.4) is 0 Å². The van der Waals surface area contributed by atoms with Crippen molar-refractivity contribution >= 4 is 6.29 Å². The second kappa shape index (κ2) is 2.61. The monoisotopic (exact) mass is 162 g/mol. The molecule has 0 aromatic carbocycles. The fourth-order valence-corrected chi connectivity index (χ4v) is 0.911. The zero-order valence-corrected chi connectivity index (χ0v) is 6.14. The van der Waals surface area contributed by atoms with Crippen molar-refractivity contribution in [2.45, 2.75) is 0 Å². The van der Waals surface area contributed by atoms with Gasteiger partial charge in [0.05, 0.1) is 6.20 Å². The molecule has 0 spiro atoms. The number of carbonyl (C=O) groups is 1. The summed E-state index contributed by atoms with van der Waals surface area (Å²) < 4.78 is 1.55. The Balaban J connectivity index is 2.41. The van der Waals surface area contributed by atoms with Gasteiger partial charge in [-0.05, 0) is 6.07 Å². The van der Waals surface area contributed by atoms with Crippen LogP contribution < -0.4 is 0 Å². The van der Waals surface area contributed by atoms with E-state index in [1.165, 1.54) is 0 Å². The molecule has 60 valence electrons. The third kappa shape index (κ3) is 1.01. The standard InChI is InChI=1S/C7H6N4O/c12-5-6-2-4-11(10-6)7-1-3-8-9-7/h1-5H,(H,8,9). The lowest BCUT2D eigenvalue weighted by Gasteiger charge is -1.92. The topological polar surface area (TPSA) is 63.6 Å². The molecule has 0 unspecified atom stereocenters. The third-order valence-corrected chi connectivity index (χ3v) is 1.46. The second-order valence-electron chi connectivity index (χ2n) is 2.24. The highest BCUT2D eigenvalue weighted by Gasteiger charge is 1.99. The quantitative estimate of drug-likeness (QED) is 0.650. The van der Waals surface area contributed by atoms with E-state index in [0.717, 1.165) is 5.82 Å². The molecule has 0 saturated carbocycles. The molecule has 12 heavy (non-hydrogen) atoms. The van der Waals surface area contributed by atoms with E-state index in [0.29, 0.717) is 12.0 Å². The molecule has 0 fully saturated rings. The number of nitrogens with zero attached hydrogens (tertiary/aromatic N) is 3. The first-order chi connectivity index (χ1) is 5.90. The van der Waals surface area contributed by atoms with Crippen molar-refractivity contribution in [3.63, 3.8) is 0 Å². The zero-order valence-electron chi connectivity index (χ0n) is 6.14. The number of rotatable bonds is 2. The van der Waals surface area contributed by atoms with Gasteiger partial charge < -0.3 is 0 Å². The Morgan fingerprint density at radius 3 is 3.00 bits per heavy atom. The van der Waals surface area contributed by atoms with Gasteiger partial charge in [0.2, 0.25) is 0 Å². The van der Waals surface area contributed by atoms with Gasteiger partial charge in [0.15, 0.2) is 6.29 Å². The van der Waals surface area contributed by atoms with E-state index < -0.39 is 0 Å². The molecule has 0 saturated heterocycles. The van der Waals surface area contributed by atoms with Crippen LogP contribution in [0.1, 0.15) is 10.5 Å². The highest BCUT2D eigenvalue weighted by molar-refractivity contribution is 5.71. The van der Waals surface area contributed by atoms with Gasteiger partial charge in [-0.15, -0.1) is 0 Å². The summed E-state index contributed by atoms with van der Waals surface area (Å²) in [5, 5.41) is 10.4. The molecule has 0 amide bonds. The lowest BCUT2D eigenvalue weighted by Crippen LogP contribution is -1.95. The van der Waals surface area contributed by atoms with Crippen LogP contribution in [0.25, 0.3) is 5.82 Å². The Hall–Kier alpha value is -1.91. The van der Waals surface area contributed by atoms with Crippen molar-refractivity contribution in [2.24, 2.45) is 0 Å². The minimum Gasteiger partial charge on any atom is -0.296 e. The summed E-state index contributed by atoms with van der Waals surface area (Å²) in [6.07, 6.45) is 4.02. The molecule has 0 atom stereocenters. The van der Waals surface area contributed by atoms with Gasteiger partial charge in [-0.25, -0.2) is 4.68 Å². The average molecular weight is 162 g/mol. The maximum Gasteiger partial charge on any atom is 0.170 e. The zero-order chi connectivity index (χ0) is 8.39. The van der Waals surface area contributed by atoms with Crippen molar-refractivity contribution < 1.29 is 4.79 Å². The van der Waals surface area contributed by atoms with Gasteiger partial charge >= 0.3 is 0 Å². The van der Waals surface area contributed by atoms with Gasteiger partial charge in [0, 0.05) is 12.3 Å². The van der Waals surface area contributed by atoms with Crippen molar-refractivity contribution in [2.75, 3.05) is 0 Å². The molecular weight excluding hydrogens is 156 g/mol. The average Bonchev–Trinajstić information content (AvgIpc) is 2.75. The predicted molar refractivity (Wildman–Crippen MR) is 41.1 cm³/mol.